The molecule has 0 saturated carbocycles. The number of unbranched alkanes of at least 4 members (excludes halogenated alkanes) is 5. The van der Waals surface area contributed by atoms with E-state index in [2.05, 4.69) is 6.92 Å². The Morgan fingerprint density at radius 1 is 1.06 bits per heavy atom. The third kappa shape index (κ3) is 5.39. The van der Waals surface area contributed by atoms with Gasteiger partial charge in [-0.15, -0.1) is 11.6 Å². The van der Waals surface area contributed by atoms with E-state index in [1.165, 1.54) is 38.2 Å². The largest absolute Gasteiger partial charge is 0.207 e. The standard InChI is InChI=1S/C16H24ClF/c1-2-3-4-5-6-7-10-14(13-17)15-11-8-9-12-16(15)18/h8-9,11-12,14H,2-7,10,13H2,1H3. The van der Waals surface area contributed by atoms with E-state index in [1.807, 2.05) is 12.1 Å². The molecule has 2 heteroatoms. The summed E-state index contributed by atoms with van der Waals surface area (Å²) in [6.45, 7) is 2.22. The van der Waals surface area contributed by atoms with Crippen molar-refractivity contribution in [3.05, 3.63) is 35.6 Å². The fourth-order valence-corrected chi connectivity index (χ4v) is 2.61. The summed E-state index contributed by atoms with van der Waals surface area (Å²) in [6, 6.07) is 7.00. The van der Waals surface area contributed by atoms with Crippen LogP contribution in [0.4, 0.5) is 4.39 Å². The van der Waals surface area contributed by atoms with Crippen molar-refractivity contribution in [3.63, 3.8) is 0 Å². The van der Waals surface area contributed by atoms with Gasteiger partial charge < -0.3 is 0 Å². The first-order chi connectivity index (χ1) is 8.79. The molecule has 18 heavy (non-hydrogen) atoms. The summed E-state index contributed by atoms with van der Waals surface area (Å²) in [6.07, 6.45) is 8.60. The fourth-order valence-electron chi connectivity index (χ4n) is 2.29. The van der Waals surface area contributed by atoms with Gasteiger partial charge in [-0.05, 0) is 18.1 Å². The van der Waals surface area contributed by atoms with Crippen molar-refractivity contribution in [1.82, 2.24) is 0 Å². The smallest absolute Gasteiger partial charge is 0.126 e. The van der Waals surface area contributed by atoms with Crippen molar-refractivity contribution >= 4 is 11.6 Å². The highest BCUT2D eigenvalue weighted by Crippen LogP contribution is 2.26. The summed E-state index contributed by atoms with van der Waals surface area (Å²) >= 11 is 5.97. The van der Waals surface area contributed by atoms with E-state index < -0.39 is 0 Å². The Bertz CT molecular complexity index is 325. The summed E-state index contributed by atoms with van der Waals surface area (Å²) in [5.74, 6) is 0.559. The molecule has 0 spiro atoms. The molecule has 1 unspecified atom stereocenters. The zero-order valence-corrected chi connectivity index (χ0v) is 12.1. The van der Waals surface area contributed by atoms with Gasteiger partial charge in [0.15, 0.2) is 0 Å². The van der Waals surface area contributed by atoms with Crippen LogP contribution in [0.15, 0.2) is 24.3 Å². The van der Waals surface area contributed by atoms with Gasteiger partial charge in [-0.3, -0.25) is 0 Å². The van der Waals surface area contributed by atoms with Gasteiger partial charge in [-0.25, -0.2) is 4.39 Å². The second-order valence-electron chi connectivity index (χ2n) is 4.93. The molecular formula is C16H24ClF. The summed E-state index contributed by atoms with van der Waals surface area (Å²) < 4.78 is 13.6. The van der Waals surface area contributed by atoms with Gasteiger partial charge in [-0.1, -0.05) is 63.6 Å². The lowest BCUT2D eigenvalue weighted by molar-refractivity contribution is 0.535. The van der Waals surface area contributed by atoms with Crippen LogP contribution in [0, 0.1) is 5.82 Å². The highest BCUT2D eigenvalue weighted by molar-refractivity contribution is 6.18. The van der Waals surface area contributed by atoms with E-state index in [9.17, 15) is 4.39 Å². The molecule has 0 aliphatic carbocycles. The van der Waals surface area contributed by atoms with Crippen molar-refractivity contribution in [2.45, 2.75) is 57.8 Å². The minimum atomic E-state index is -0.117. The topological polar surface area (TPSA) is 0 Å². The first kappa shape index (κ1) is 15.5. The first-order valence-electron chi connectivity index (χ1n) is 7.10. The number of benzene rings is 1. The van der Waals surface area contributed by atoms with E-state index >= 15 is 0 Å². The molecule has 0 fully saturated rings. The predicted molar refractivity (Wildman–Crippen MR) is 77.9 cm³/mol. The van der Waals surface area contributed by atoms with Gasteiger partial charge in [0.1, 0.15) is 5.82 Å². The van der Waals surface area contributed by atoms with E-state index in [0.717, 1.165) is 18.4 Å². The van der Waals surface area contributed by atoms with Gasteiger partial charge in [-0.2, -0.15) is 0 Å². The summed E-state index contributed by atoms with van der Waals surface area (Å²) in [4.78, 5) is 0. The summed E-state index contributed by atoms with van der Waals surface area (Å²) in [7, 11) is 0. The molecule has 0 N–H and O–H groups in total. The molecule has 0 aliphatic heterocycles. The normalized spacial score (nSPS) is 12.6. The Morgan fingerprint density at radius 3 is 2.39 bits per heavy atom. The third-order valence-electron chi connectivity index (χ3n) is 3.44. The Kier molecular flexibility index (Phi) is 8.08. The van der Waals surface area contributed by atoms with Crippen LogP contribution in [-0.2, 0) is 0 Å². The van der Waals surface area contributed by atoms with Gasteiger partial charge in [0.25, 0.3) is 0 Å². The Hall–Kier alpha value is -0.560. The number of hydrogen-bond donors (Lipinski definition) is 0. The maximum atomic E-state index is 13.6. The van der Waals surface area contributed by atoms with Crippen LogP contribution in [0.25, 0.3) is 0 Å². The SMILES string of the molecule is CCCCCCCCC(CCl)c1ccccc1F. The highest BCUT2D eigenvalue weighted by Gasteiger charge is 2.13. The molecule has 102 valence electrons. The van der Waals surface area contributed by atoms with Crippen LogP contribution in [0.1, 0.15) is 63.4 Å². The van der Waals surface area contributed by atoms with Crippen molar-refractivity contribution < 1.29 is 4.39 Å². The van der Waals surface area contributed by atoms with Crippen LogP contribution in [0.2, 0.25) is 0 Å². The number of rotatable bonds is 9. The van der Waals surface area contributed by atoms with Crippen LogP contribution in [0.5, 0.6) is 0 Å². The van der Waals surface area contributed by atoms with Crippen LogP contribution in [0.3, 0.4) is 0 Å². The van der Waals surface area contributed by atoms with E-state index in [4.69, 9.17) is 11.6 Å². The molecule has 0 aromatic heterocycles. The lowest BCUT2D eigenvalue weighted by Crippen LogP contribution is -2.03. The van der Waals surface area contributed by atoms with Gasteiger partial charge >= 0.3 is 0 Å². The molecule has 1 aromatic rings. The maximum absolute atomic E-state index is 13.6. The molecule has 0 radical (unpaired) electrons. The average molecular weight is 271 g/mol. The third-order valence-corrected chi connectivity index (χ3v) is 3.81. The minimum Gasteiger partial charge on any atom is -0.207 e. The Balaban J connectivity index is 2.32. The molecule has 1 aromatic carbocycles. The molecule has 0 aliphatic rings. The number of alkyl halides is 1. The zero-order valence-electron chi connectivity index (χ0n) is 11.3. The Morgan fingerprint density at radius 2 is 1.72 bits per heavy atom. The molecule has 0 heterocycles. The fraction of sp³-hybridized carbons (Fsp3) is 0.625. The quantitative estimate of drug-likeness (QED) is 0.387. The molecule has 0 bridgehead atoms. The lowest BCUT2D eigenvalue weighted by Gasteiger charge is -2.14. The van der Waals surface area contributed by atoms with Gasteiger partial charge in [0, 0.05) is 11.8 Å². The van der Waals surface area contributed by atoms with E-state index in [1.54, 1.807) is 6.07 Å². The van der Waals surface area contributed by atoms with Crippen LogP contribution >= 0.6 is 11.6 Å². The minimum absolute atomic E-state index is 0.117. The molecule has 0 nitrogen and oxygen atoms in total. The molecule has 1 atom stereocenters. The molecular weight excluding hydrogens is 247 g/mol. The van der Waals surface area contributed by atoms with Gasteiger partial charge in [0.2, 0.25) is 0 Å². The monoisotopic (exact) mass is 270 g/mol. The molecule has 0 amide bonds. The van der Waals surface area contributed by atoms with Crippen molar-refractivity contribution in [3.8, 4) is 0 Å². The van der Waals surface area contributed by atoms with Gasteiger partial charge in [0.05, 0.1) is 0 Å². The van der Waals surface area contributed by atoms with Crippen LogP contribution < -0.4 is 0 Å². The predicted octanol–water partition coefficient (Wildman–Crippen LogP) is 5.90. The maximum Gasteiger partial charge on any atom is 0.126 e. The number of halogens is 2. The lowest BCUT2D eigenvalue weighted by atomic mass is 9.94. The Labute approximate surface area is 116 Å². The zero-order chi connectivity index (χ0) is 13.2. The van der Waals surface area contributed by atoms with E-state index in [0.29, 0.717) is 5.88 Å². The van der Waals surface area contributed by atoms with Crippen molar-refractivity contribution in [1.29, 1.82) is 0 Å². The van der Waals surface area contributed by atoms with Crippen molar-refractivity contribution in [2.75, 3.05) is 5.88 Å². The van der Waals surface area contributed by atoms with E-state index in [-0.39, 0.29) is 11.7 Å². The second kappa shape index (κ2) is 9.38. The summed E-state index contributed by atoms with van der Waals surface area (Å²) in [5.41, 5.74) is 0.779. The number of hydrogen-bond acceptors (Lipinski definition) is 0. The van der Waals surface area contributed by atoms with Crippen molar-refractivity contribution in [2.24, 2.45) is 0 Å². The molecule has 0 saturated heterocycles. The summed E-state index contributed by atoms with van der Waals surface area (Å²) in [5, 5.41) is 0. The molecule has 1 rings (SSSR count). The van der Waals surface area contributed by atoms with Crippen LogP contribution in [-0.4, -0.2) is 5.88 Å². The average Bonchev–Trinajstić information content (AvgIpc) is 2.39. The second-order valence-corrected chi connectivity index (χ2v) is 5.24. The first-order valence-corrected chi connectivity index (χ1v) is 7.63. The highest BCUT2D eigenvalue weighted by atomic mass is 35.5.